The van der Waals surface area contributed by atoms with Gasteiger partial charge in [0.05, 0.1) is 18.1 Å². The van der Waals surface area contributed by atoms with Gasteiger partial charge in [-0.25, -0.2) is 13.4 Å². The average molecular weight is 404 g/mol. The molecule has 1 aliphatic heterocycles. The summed E-state index contributed by atoms with van der Waals surface area (Å²) in [5.41, 5.74) is 2.80. The van der Waals surface area contributed by atoms with Gasteiger partial charge in [-0.3, -0.25) is 4.98 Å². The van der Waals surface area contributed by atoms with Gasteiger partial charge in [-0.2, -0.15) is 0 Å². The molecule has 0 N–H and O–H groups in total. The molecule has 1 aliphatic rings. The Morgan fingerprint density at radius 2 is 1.86 bits per heavy atom. The van der Waals surface area contributed by atoms with Crippen LogP contribution in [-0.2, 0) is 16.3 Å². The minimum Gasteiger partial charge on any atom is -0.497 e. The van der Waals surface area contributed by atoms with Gasteiger partial charge >= 0.3 is 0 Å². The minimum absolute atomic E-state index is 0.260. The molecule has 0 unspecified atom stereocenters. The minimum atomic E-state index is -3.00. The number of methoxy groups -OCH3 is 1. The number of nitrogens with zero attached hydrogens (tertiary/aromatic N) is 3. The van der Waals surface area contributed by atoms with Crippen molar-refractivity contribution < 1.29 is 13.2 Å². The molecule has 0 atom stereocenters. The molecule has 0 spiro atoms. The van der Waals surface area contributed by atoms with E-state index >= 15 is 0 Å². The molecule has 0 bridgehead atoms. The molecule has 0 saturated carbocycles. The zero-order valence-corrected chi connectivity index (χ0v) is 17.7. The number of benzene rings is 1. The number of hydrogen-bond donors (Lipinski definition) is 0. The Hall–Kier alpha value is -2.15. The van der Waals surface area contributed by atoms with Crippen LogP contribution in [0.3, 0.4) is 0 Å². The molecule has 7 heteroatoms. The van der Waals surface area contributed by atoms with E-state index < -0.39 is 9.84 Å². The van der Waals surface area contributed by atoms with Crippen molar-refractivity contribution in [1.29, 1.82) is 0 Å². The van der Waals surface area contributed by atoms with E-state index in [9.17, 15) is 8.42 Å². The first-order chi connectivity index (χ1) is 13.4. The lowest BCUT2D eigenvalue weighted by Gasteiger charge is -2.33. The molecule has 2 heterocycles. The Bertz CT molecular complexity index is 890. The third kappa shape index (κ3) is 4.82. The van der Waals surface area contributed by atoms with Crippen molar-refractivity contribution in [3.8, 4) is 17.0 Å². The predicted octanol–water partition coefficient (Wildman–Crippen LogP) is 3.51. The fraction of sp³-hybridized carbons (Fsp3) is 0.524. The van der Waals surface area contributed by atoms with Crippen LogP contribution in [0.25, 0.3) is 11.3 Å². The van der Waals surface area contributed by atoms with Crippen molar-refractivity contribution in [2.24, 2.45) is 0 Å². The summed E-state index contributed by atoms with van der Waals surface area (Å²) < 4.78 is 29.0. The molecule has 1 saturated heterocycles. The van der Waals surface area contributed by atoms with Crippen LogP contribution in [0.2, 0.25) is 0 Å². The van der Waals surface area contributed by atoms with Crippen molar-refractivity contribution in [3.05, 3.63) is 36.2 Å². The highest BCUT2D eigenvalue weighted by Crippen LogP contribution is 2.31. The molecule has 1 aromatic heterocycles. The van der Waals surface area contributed by atoms with E-state index in [0.29, 0.717) is 25.9 Å². The number of unbranched alkanes of at least 4 members (excludes halogenated alkanes) is 1. The summed E-state index contributed by atoms with van der Waals surface area (Å²) in [7, 11) is -1.35. The zero-order chi connectivity index (χ0) is 20.1. The highest BCUT2D eigenvalue weighted by atomic mass is 32.2. The molecule has 2 aromatic rings. The summed E-state index contributed by atoms with van der Waals surface area (Å²) in [4.78, 5) is 11.8. The van der Waals surface area contributed by atoms with E-state index in [4.69, 9.17) is 14.7 Å². The van der Waals surface area contributed by atoms with E-state index in [2.05, 4.69) is 11.8 Å². The van der Waals surface area contributed by atoms with Gasteiger partial charge in [-0.15, -0.1) is 0 Å². The van der Waals surface area contributed by atoms with Crippen LogP contribution in [0.1, 0.15) is 38.3 Å². The summed E-state index contributed by atoms with van der Waals surface area (Å²) in [6.45, 7) is 3.51. The fourth-order valence-corrected chi connectivity index (χ4v) is 4.63. The molecule has 3 rings (SSSR count). The number of anilines is 1. The van der Waals surface area contributed by atoms with E-state index in [1.165, 1.54) is 6.26 Å². The van der Waals surface area contributed by atoms with Gasteiger partial charge in [0, 0.05) is 31.1 Å². The summed E-state index contributed by atoms with van der Waals surface area (Å²) in [6, 6.07) is 7.81. The maximum atomic E-state index is 11.9. The maximum Gasteiger partial charge on any atom is 0.155 e. The number of hydrogen-bond acceptors (Lipinski definition) is 6. The highest BCUT2D eigenvalue weighted by Gasteiger charge is 2.28. The smallest absolute Gasteiger partial charge is 0.155 e. The average Bonchev–Trinajstić information content (AvgIpc) is 2.71. The molecular formula is C21H29N3O3S. The molecule has 0 amide bonds. The number of piperidine rings is 1. The van der Waals surface area contributed by atoms with Crippen LogP contribution in [-0.4, -0.2) is 50.1 Å². The highest BCUT2D eigenvalue weighted by molar-refractivity contribution is 7.91. The second-order valence-corrected chi connectivity index (χ2v) is 9.71. The lowest BCUT2D eigenvalue weighted by atomic mass is 10.1. The first-order valence-corrected chi connectivity index (χ1v) is 11.8. The van der Waals surface area contributed by atoms with Gasteiger partial charge in [0.2, 0.25) is 0 Å². The summed E-state index contributed by atoms with van der Waals surface area (Å²) in [5.74, 6) is 1.65. The normalized spacial score (nSPS) is 15.6. The first kappa shape index (κ1) is 20.6. The van der Waals surface area contributed by atoms with E-state index in [1.807, 2.05) is 30.5 Å². The SMILES string of the molecule is CCCCc1cnc(-c2ccc(OC)cc2)c(N2CCC(S(C)(=O)=O)CC2)n1. The van der Waals surface area contributed by atoms with Crippen molar-refractivity contribution >= 4 is 15.7 Å². The summed E-state index contributed by atoms with van der Waals surface area (Å²) >= 11 is 0. The van der Waals surface area contributed by atoms with E-state index in [-0.39, 0.29) is 5.25 Å². The Morgan fingerprint density at radius 3 is 2.43 bits per heavy atom. The van der Waals surface area contributed by atoms with Crippen molar-refractivity contribution in [2.75, 3.05) is 31.4 Å². The van der Waals surface area contributed by atoms with Crippen molar-refractivity contribution in [3.63, 3.8) is 0 Å². The number of rotatable bonds is 7. The largest absolute Gasteiger partial charge is 0.497 e. The topological polar surface area (TPSA) is 72.4 Å². The lowest BCUT2D eigenvalue weighted by molar-refractivity contribution is 0.415. The molecule has 1 fully saturated rings. The van der Waals surface area contributed by atoms with Gasteiger partial charge in [0.25, 0.3) is 0 Å². The molecule has 0 aliphatic carbocycles. The van der Waals surface area contributed by atoms with Crippen LogP contribution < -0.4 is 9.64 Å². The van der Waals surface area contributed by atoms with Crippen LogP contribution in [0, 0.1) is 0 Å². The van der Waals surface area contributed by atoms with Gasteiger partial charge in [0.1, 0.15) is 21.3 Å². The Balaban J connectivity index is 1.91. The first-order valence-electron chi connectivity index (χ1n) is 9.86. The van der Waals surface area contributed by atoms with Gasteiger partial charge in [-0.05, 0) is 49.9 Å². The second kappa shape index (κ2) is 8.90. The Kier molecular flexibility index (Phi) is 6.54. The van der Waals surface area contributed by atoms with Gasteiger partial charge in [-0.1, -0.05) is 13.3 Å². The summed E-state index contributed by atoms with van der Waals surface area (Å²) in [6.07, 6.45) is 7.54. The second-order valence-electron chi connectivity index (χ2n) is 7.38. The molecule has 152 valence electrons. The number of sulfone groups is 1. The predicted molar refractivity (Wildman–Crippen MR) is 113 cm³/mol. The monoisotopic (exact) mass is 403 g/mol. The van der Waals surface area contributed by atoms with Crippen molar-refractivity contribution in [2.45, 2.75) is 44.3 Å². The number of aromatic nitrogens is 2. The fourth-order valence-electron chi connectivity index (χ4n) is 3.56. The zero-order valence-electron chi connectivity index (χ0n) is 16.9. The van der Waals surface area contributed by atoms with Crippen LogP contribution >= 0.6 is 0 Å². The third-order valence-electron chi connectivity index (χ3n) is 5.30. The van der Waals surface area contributed by atoms with Gasteiger partial charge in [0.15, 0.2) is 5.82 Å². The number of aryl methyl sites for hydroxylation is 1. The lowest BCUT2D eigenvalue weighted by Crippen LogP contribution is -2.39. The van der Waals surface area contributed by atoms with Crippen LogP contribution in [0.15, 0.2) is 30.5 Å². The van der Waals surface area contributed by atoms with E-state index in [0.717, 1.165) is 47.8 Å². The Labute approximate surface area is 167 Å². The summed E-state index contributed by atoms with van der Waals surface area (Å²) in [5, 5.41) is -0.260. The molecule has 1 aromatic carbocycles. The molecular weight excluding hydrogens is 374 g/mol. The standard InChI is InChI=1S/C21H29N3O3S/c1-4-5-6-17-15-22-20(16-7-9-18(27-2)10-8-16)21(23-17)24-13-11-19(12-14-24)28(3,25)26/h7-10,15,19H,4-6,11-14H2,1-3H3. The third-order valence-corrected chi connectivity index (χ3v) is 6.98. The molecule has 6 nitrogen and oxygen atoms in total. The Morgan fingerprint density at radius 1 is 1.18 bits per heavy atom. The van der Waals surface area contributed by atoms with Crippen LogP contribution in [0.5, 0.6) is 5.75 Å². The van der Waals surface area contributed by atoms with E-state index in [1.54, 1.807) is 7.11 Å². The van der Waals surface area contributed by atoms with Crippen LogP contribution in [0.4, 0.5) is 5.82 Å². The van der Waals surface area contributed by atoms with Gasteiger partial charge < -0.3 is 9.64 Å². The molecule has 0 radical (unpaired) electrons. The van der Waals surface area contributed by atoms with Crippen molar-refractivity contribution in [1.82, 2.24) is 9.97 Å². The quantitative estimate of drug-likeness (QED) is 0.704. The molecule has 28 heavy (non-hydrogen) atoms. The maximum absolute atomic E-state index is 11.9. The number of ether oxygens (including phenoxy) is 1.